The summed E-state index contributed by atoms with van der Waals surface area (Å²) in [5.41, 5.74) is 0.483. The van der Waals surface area contributed by atoms with Crippen molar-refractivity contribution >= 4 is 17.5 Å². The lowest BCUT2D eigenvalue weighted by Crippen LogP contribution is -2.47. The number of hydrogen-bond donors (Lipinski definition) is 2. The van der Waals surface area contributed by atoms with Gasteiger partial charge in [-0.1, -0.05) is 18.5 Å². The Hall–Kier alpha value is -1.26. The standard InChI is InChI=1S/C14H19ClN2O2/c1-2-17-7-3-4-11(9-17)16-14(19)10-5-6-13(18)12(15)8-10/h5-6,8,11,18H,2-4,7,9H2,1H3,(H,16,19). The van der Waals surface area contributed by atoms with Crippen molar-refractivity contribution in [3.63, 3.8) is 0 Å². The van der Waals surface area contributed by atoms with Crippen LogP contribution >= 0.6 is 11.6 Å². The third kappa shape index (κ3) is 3.61. The lowest BCUT2D eigenvalue weighted by atomic mass is 10.1. The Bertz CT molecular complexity index is 465. The molecule has 1 aliphatic rings. The summed E-state index contributed by atoms with van der Waals surface area (Å²) in [6.07, 6.45) is 2.11. The van der Waals surface area contributed by atoms with Crippen LogP contribution in [-0.2, 0) is 0 Å². The predicted octanol–water partition coefficient (Wildman–Crippen LogP) is 2.26. The second-order valence-corrected chi connectivity index (χ2v) is 5.28. The van der Waals surface area contributed by atoms with Gasteiger partial charge in [0.2, 0.25) is 0 Å². The molecule has 0 aromatic heterocycles. The Balaban J connectivity index is 1.98. The fourth-order valence-corrected chi connectivity index (χ4v) is 2.56. The molecule has 1 aromatic rings. The van der Waals surface area contributed by atoms with Crippen molar-refractivity contribution in [1.82, 2.24) is 10.2 Å². The van der Waals surface area contributed by atoms with E-state index in [-0.39, 0.29) is 22.7 Å². The second-order valence-electron chi connectivity index (χ2n) is 4.87. The van der Waals surface area contributed by atoms with E-state index in [1.54, 1.807) is 6.07 Å². The molecule has 1 fully saturated rings. The minimum absolute atomic E-state index is 0.00644. The van der Waals surface area contributed by atoms with Gasteiger partial charge >= 0.3 is 0 Å². The lowest BCUT2D eigenvalue weighted by molar-refractivity contribution is 0.0906. The normalized spacial score (nSPS) is 20.2. The Labute approximate surface area is 118 Å². The van der Waals surface area contributed by atoms with E-state index in [0.717, 1.165) is 32.5 Å². The number of carbonyl (C=O) groups excluding carboxylic acids is 1. The number of halogens is 1. The van der Waals surface area contributed by atoms with Crippen molar-refractivity contribution in [1.29, 1.82) is 0 Å². The van der Waals surface area contributed by atoms with Gasteiger partial charge in [-0.2, -0.15) is 0 Å². The summed E-state index contributed by atoms with van der Waals surface area (Å²) in [7, 11) is 0. The highest BCUT2D eigenvalue weighted by atomic mass is 35.5. The molecule has 0 radical (unpaired) electrons. The first-order valence-corrected chi connectivity index (χ1v) is 6.99. The van der Waals surface area contributed by atoms with Gasteiger partial charge in [0.05, 0.1) is 5.02 Å². The molecule has 0 spiro atoms. The maximum absolute atomic E-state index is 12.1. The van der Waals surface area contributed by atoms with Crippen LogP contribution in [0.5, 0.6) is 5.75 Å². The van der Waals surface area contributed by atoms with Crippen LogP contribution in [0.3, 0.4) is 0 Å². The number of carbonyl (C=O) groups is 1. The van der Waals surface area contributed by atoms with Crippen LogP contribution in [0.15, 0.2) is 18.2 Å². The van der Waals surface area contributed by atoms with Crippen molar-refractivity contribution in [3.8, 4) is 5.75 Å². The maximum atomic E-state index is 12.1. The van der Waals surface area contributed by atoms with E-state index < -0.39 is 0 Å². The van der Waals surface area contributed by atoms with Gasteiger partial charge in [-0.05, 0) is 44.1 Å². The molecule has 1 aliphatic heterocycles. The Morgan fingerprint density at radius 2 is 2.37 bits per heavy atom. The molecule has 0 aliphatic carbocycles. The van der Waals surface area contributed by atoms with E-state index in [4.69, 9.17) is 11.6 Å². The topological polar surface area (TPSA) is 52.6 Å². The first-order chi connectivity index (χ1) is 9.10. The minimum Gasteiger partial charge on any atom is -0.506 e. The van der Waals surface area contributed by atoms with Crippen LogP contribution in [0, 0.1) is 0 Å². The number of benzene rings is 1. The van der Waals surface area contributed by atoms with Gasteiger partial charge in [-0.3, -0.25) is 4.79 Å². The fourth-order valence-electron chi connectivity index (χ4n) is 2.38. The molecule has 5 heteroatoms. The fraction of sp³-hybridized carbons (Fsp3) is 0.500. The van der Waals surface area contributed by atoms with Crippen molar-refractivity contribution in [2.75, 3.05) is 19.6 Å². The molecule has 1 aromatic carbocycles. The molecule has 0 saturated carbocycles. The zero-order chi connectivity index (χ0) is 13.8. The number of piperidine rings is 1. The van der Waals surface area contributed by atoms with Crippen molar-refractivity contribution in [2.24, 2.45) is 0 Å². The van der Waals surface area contributed by atoms with Crippen LogP contribution in [0.4, 0.5) is 0 Å². The SMILES string of the molecule is CCN1CCCC(NC(=O)c2ccc(O)c(Cl)c2)C1. The first kappa shape index (κ1) is 14.2. The van der Waals surface area contributed by atoms with Crippen LogP contribution in [-0.4, -0.2) is 41.6 Å². The molecular formula is C14H19ClN2O2. The average molecular weight is 283 g/mol. The summed E-state index contributed by atoms with van der Waals surface area (Å²) < 4.78 is 0. The summed E-state index contributed by atoms with van der Waals surface area (Å²) in [5, 5.41) is 12.6. The zero-order valence-electron chi connectivity index (χ0n) is 11.0. The predicted molar refractivity (Wildman–Crippen MR) is 75.7 cm³/mol. The summed E-state index contributed by atoms with van der Waals surface area (Å²) in [5.74, 6) is -0.141. The highest BCUT2D eigenvalue weighted by molar-refractivity contribution is 6.32. The highest BCUT2D eigenvalue weighted by Gasteiger charge is 2.21. The van der Waals surface area contributed by atoms with Gasteiger partial charge in [0.15, 0.2) is 0 Å². The quantitative estimate of drug-likeness (QED) is 0.894. The van der Waals surface area contributed by atoms with E-state index in [9.17, 15) is 9.90 Å². The van der Waals surface area contributed by atoms with Crippen LogP contribution < -0.4 is 5.32 Å². The van der Waals surface area contributed by atoms with Crippen LogP contribution in [0.2, 0.25) is 5.02 Å². The monoisotopic (exact) mass is 282 g/mol. The van der Waals surface area contributed by atoms with Gasteiger partial charge in [0.25, 0.3) is 5.91 Å². The molecule has 1 amide bonds. The number of amides is 1. The Morgan fingerprint density at radius 3 is 3.05 bits per heavy atom. The number of phenols is 1. The molecule has 1 saturated heterocycles. The molecule has 1 heterocycles. The van der Waals surface area contributed by atoms with Gasteiger partial charge < -0.3 is 15.3 Å². The van der Waals surface area contributed by atoms with E-state index in [2.05, 4.69) is 17.1 Å². The molecular weight excluding hydrogens is 264 g/mol. The van der Waals surface area contributed by atoms with Crippen molar-refractivity contribution < 1.29 is 9.90 Å². The number of likely N-dealkylation sites (N-methyl/N-ethyl adjacent to an activating group) is 1. The number of aromatic hydroxyl groups is 1. The number of rotatable bonds is 3. The van der Waals surface area contributed by atoms with Crippen LogP contribution in [0.25, 0.3) is 0 Å². The summed E-state index contributed by atoms with van der Waals surface area (Å²) >= 11 is 5.81. The smallest absolute Gasteiger partial charge is 0.251 e. The Kier molecular flexibility index (Phi) is 4.66. The Morgan fingerprint density at radius 1 is 1.58 bits per heavy atom. The van der Waals surface area contributed by atoms with Crippen molar-refractivity contribution in [2.45, 2.75) is 25.8 Å². The number of likely N-dealkylation sites (tertiary alicyclic amines) is 1. The van der Waals surface area contributed by atoms with Crippen molar-refractivity contribution in [3.05, 3.63) is 28.8 Å². The minimum atomic E-state index is -0.134. The highest BCUT2D eigenvalue weighted by Crippen LogP contribution is 2.23. The number of nitrogens with zero attached hydrogens (tertiary/aromatic N) is 1. The average Bonchev–Trinajstić information content (AvgIpc) is 2.42. The molecule has 2 N–H and O–H groups in total. The third-order valence-corrected chi connectivity index (χ3v) is 3.80. The molecule has 1 atom stereocenters. The molecule has 19 heavy (non-hydrogen) atoms. The van der Waals surface area contributed by atoms with Gasteiger partial charge in [0, 0.05) is 18.2 Å². The molecule has 2 rings (SSSR count). The number of phenolic OH excluding ortho intramolecular Hbond substituents is 1. The number of hydrogen-bond acceptors (Lipinski definition) is 3. The van der Waals surface area contributed by atoms with E-state index in [1.807, 2.05) is 0 Å². The van der Waals surface area contributed by atoms with Gasteiger partial charge in [-0.25, -0.2) is 0 Å². The van der Waals surface area contributed by atoms with E-state index >= 15 is 0 Å². The molecule has 4 nitrogen and oxygen atoms in total. The second kappa shape index (κ2) is 6.26. The number of nitrogens with one attached hydrogen (secondary N) is 1. The summed E-state index contributed by atoms with van der Waals surface area (Å²) in [6.45, 7) is 5.14. The molecule has 0 bridgehead atoms. The molecule has 1 unspecified atom stereocenters. The van der Waals surface area contributed by atoms with E-state index in [1.165, 1.54) is 12.1 Å². The maximum Gasteiger partial charge on any atom is 0.251 e. The zero-order valence-corrected chi connectivity index (χ0v) is 11.8. The summed E-state index contributed by atoms with van der Waals surface area (Å²) in [6, 6.07) is 4.70. The van der Waals surface area contributed by atoms with Crippen LogP contribution in [0.1, 0.15) is 30.1 Å². The van der Waals surface area contributed by atoms with Gasteiger partial charge in [0.1, 0.15) is 5.75 Å². The lowest BCUT2D eigenvalue weighted by Gasteiger charge is -2.32. The molecule has 104 valence electrons. The summed E-state index contributed by atoms with van der Waals surface area (Å²) in [4.78, 5) is 14.4. The first-order valence-electron chi connectivity index (χ1n) is 6.62. The van der Waals surface area contributed by atoms with Gasteiger partial charge in [-0.15, -0.1) is 0 Å². The third-order valence-electron chi connectivity index (χ3n) is 3.50. The van der Waals surface area contributed by atoms with E-state index in [0.29, 0.717) is 5.56 Å². The largest absolute Gasteiger partial charge is 0.506 e.